The van der Waals surface area contributed by atoms with Crippen LogP contribution in [0.4, 0.5) is 0 Å². The number of carbonyl (C=O) groups is 2. The van der Waals surface area contributed by atoms with E-state index in [9.17, 15) is 9.59 Å². The van der Waals surface area contributed by atoms with Gasteiger partial charge in [-0.3, -0.25) is 14.3 Å². The van der Waals surface area contributed by atoms with E-state index in [4.69, 9.17) is 0 Å². The maximum Gasteiger partial charge on any atom is 0.229 e. The van der Waals surface area contributed by atoms with E-state index in [0.717, 1.165) is 37.0 Å². The summed E-state index contributed by atoms with van der Waals surface area (Å²) in [4.78, 5) is 24.6. The first-order chi connectivity index (χ1) is 12.0. The van der Waals surface area contributed by atoms with Gasteiger partial charge in [-0.05, 0) is 69.3 Å². The van der Waals surface area contributed by atoms with E-state index in [-0.39, 0.29) is 29.8 Å². The standard InChI is InChI=1S/C19H28N4O2/c1-13(12-23-4-2-3-20-23)21-17(24)8-18(25)22-19-9-14-5-15(10-19)7-16(6-14)11-19/h2-4,13-16H,5-12H2,1H3,(H,21,24)(H,22,25). The molecule has 0 aromatic carbocycles. The molecule has 4 aliphatic rings. The Morgan fingerprint density at radius 2 is 1.80 bits per heavy atom. The largest absolute Gasteiger partial charge is 0.351 e. The van der Waals surface area contributed by atoms with Crippen molar-refractivity contribution in [3.05, 3.63) is 18.5 Å². The zero-order valence-corrected chi connectivity index (χ0v) is 14.9. The lowest BCUT2D eigenvalue weighted by Gasteiger charge is -2.56. The molecule has 0 spiro atoms. The van der Waals surface area contributed by atoms with E-state index in [1.54, 1.807) is 10.9 Å². The van der Waals surface area contributed by atoms with Crippen molar-refractivity contribution in [2.45, 2.75) is 70.0 Å². The van der Waals surface area contributed by atoms with Crippen molar-refractivity contribution in [2.75, 3.05) is 0 Å². The maximum atomic E-state index is 12.4. The van der Waals surface area contributed by atoms with Crippen molar-refractivity contribution in [3.8, 4) is 0 Å². The SMILES string of the molecule is CC(Cn1cccn1)NC(=O)CC(=O)NC12CC3CC(CC(C3)C1)C2. The normalized spacial score (nSPS) is 33.9. The molecule has 0 aliphatic heterocycles. The molecule has 136 valence electrons. The first-order valence-electron chi connectivity index (χ1n) is 9.57. The van der Waals surface area contributed by atoms with Crippen LogP contribution in [0.2, 0.25) is 0 Å². The van der Waals surface area contributed by atoms with Gasteiger partial charge in [-0.2, -0.15) is 5.10 Å². The molecule has 1 aromatic rings. The van der Waals surface area contributed by atoms with Crippen molar-refractivity contribution in [1.82, 2.24) is 20.4 Å². The molecule has 0 saturated heterocycles. The molecule has 0 radical (unpaired) electrons. The average molecular weight is 344 g/mol. The van der Waals surface area contributed by atoms with Crippen molar-refractivity contribution < 1.29 is 9.59 Å². The van der Waals surface area contributed by atoms with Gasteiger partial charge in [0, 0.05) is 24.0 Å². The van der Waals surface area contributed by atoms with Crippen LogP contribution in [-0.4, -0.2) is 33.2 Å². The van der Waals surface area contributed by atoms with Gasteiger partial charge in [0.1, 0.15) is 6.42 Å². The summed E-state index contributed by atoms with van der Waals surface area (Å²) >= 11 is 0. The van der Waals surface area contributed by atoms with Crippen molar-refractivity contribution in [3.63, 3.8) is 0 Å². The number of rotatable bonds is 6. The van der Waals surface area contributed by atoms with Crippen LogP contribution in [-0.2, 0) is 16.1 Å². The monoisotopic (exact) mass is 344 g/mol. The summed E-state index contributed by atoms with van der Waals surface area (Å²) < 4.78 is 1.78. The molecule has 6 heteroatoms. The smallest absolute Gasteiger partial charge is 0.229 e. The Kier molecular flexibility index (Phi) is 4.29. The zero-order valence-electron chi connectivity index (χ0n) is 14.9. The summed E-state index contributed by atoms with van der Waals surface area (Å²) in [5.74, 6) is 2.03. The number of hydrogen-bond acceptors (Lipinski definition) is 3. The summed E-state index contributed by atoms with van der Waals surface area (Å²) in [6.45, 7) is 2.53. The summed E-state index contributed by atoms with van der Waals surface area (Å²) in [6.07, 6.45) is 10.9. The third-order valence-electron chi connectivity index (χ3n) is 6.19. The predicted octanol–water partition coefficient (Wildman–Crippen LogP) is 1.86. The first kappa shape index (κ1) is 16.6. The number of hydrogen-bond donors (Lipinski definition) is 2. The topological polar surface area (TPSA) is 76.0 Å². The molecule has 5 rings (SSSR count). The number of nitrogens with zero attached hydrogens (tertiary/aromatic N) is 2. The number of aromatic nitrogens is 2. The van der Waals surface area contributed by atoms with Crippen LogP contribution in [0.3, 0.4) is 0 Å². The third-order valence-corrected chi connectivity index (χ3v) is 6.19. The molecule has 2 N–H and O–H groups in total. The third kappa shape index (κ3) is 3.72. The second kappa shape index (κ2) is 6.46. The molecule has 1 atom stereocenters. The van der Waals surface area contributed by atoms with Gasteiger partial charge >= 0.3 is 0 Å². The number of nitrogens with one attached hydrogen (secondary N) is 2. The highest BCUT2D eigenvalue weighted by molar-refractivity contribution is 5.97. The van der Waals surface area contributed by atoms with Crippen LogP contribution in [0.1, 0.15) is 51.9 Å². The Balaban J connectivity index is 1.26. The van der Waals surface area contributed by atoms with Gasteiger partial charge in [0.15, 0.2) is 0 Å². The number of amides is 2. The van der Waals surface area contributed by atoms with Gasteiger partial charge in [0.25, 0.3) is 0 Å². The fourth-order valence-electron chi connectivity index (χ4n) is 5.81. The van der Waals surface area contributed by atoms with E-state index in [2.05, 4.69) is 15.7 Å². The molecule has 6 nitrogen and oxygen atoms in total. The van der Waals surface area contributed by atoms with Gasteiger partial charge in [0.05, 0.1) is 6.54 Å². The second-order valence-corrected chi connectivity index (χ2v) is 8.62. The van der Waals surface area contributed by atoms with E-state index in [1.807, 2.05) is 19.2 Å². The van der Waals surface area contributed by atoms with Crippen LogP contribution >= 0.6 is 0 Å². The molecule has 4 saturated carbocycles. The Morgan fingerprint density at radius 1 is 1.16 bits per heavy atom. The molecule has 2 amide bonds. The molecule has 1 aromatic heterocycles. The quantitative estimate of drug-likeness (QED) is 0.774. The van der Waals surface area contributed by atoms with Crippen molar-refractivity contribution in [1.29, 1.82) is 0 Å². The lowest BCUT2D eigenvalue weighted by molar-refractivity contribution is -0.132. The minimum absolute atomic E-state index is 0.0210. The van der Waals surface area contributed by atoms with Gasteiger partial charge in [-0.25, -0.2) is 0 Å². The van der Waals surface area contributed by atoms with E-state index in [0.29, 0.717) is 6.54 Å². The van der Waals surface area contributed by atoms with Crippen LogP contribution in [0.25, 0.3) is 0 Å². The van der Waals surface area contributed by atoms with Gasteiger partial charge in [-0.1, -0.05) is 0 Å². The second-order valence-electron chi connectivity index (χ2n) is 8.62. The fourth-order valence-corrected chi connectivity index (χ4v) is 5.81. The van der Waals surface area contributed by atoms with Crippen LogP contribution < -0.4 is 10.6 Å². The first-order valence-corrected chi connectivity index (χ1v) is 9.57. The molecule has 1 unspecified atom stereocenters. The van der Waals surface area contributed by atoms with Gasteiger partial charge in [-0.15, -0.1) is 0 Å². The summed E-state index contributed by atoms with van der Waals surface area (Å²) in [5.41, 5.74) is -0.0210. The summed E-state index contributed by atoms with van der Waals surface area (Å²) in [6, 6.07) is 1.80. The molecular weight excluding hydrogens is 316 g/mol. The predicted molar refractivity (Wildman–Crippen MR) is 93.5 cm³/mol. The minimum atomic E-state index is -0.207. The lowest BCUT2D eigenvalue weighted by atomic mass is 9.53. The Bertz CT molecular complexity index is 605. The van der Waals surface area contributed by atoms with Crippen molar-refractivity contribution >= 4 is 11.8 Å². The van der Waals surface area contributed by atoms with Crippen LogP contribution in [0.5, 0.6) is 0 Å². The fraction of sp³-hybridized carbons (Fsp3) is 0.737. The Hall–Kier alpha value is -1.85. The molecule has 25 heavy (non-hydrogen) atoms. The Labute approximate surface area is 148 Å². The van der Waals surface area contributed by atoms with Crippen molar-refractivity contribution in [2.24, 2.45) is 17.8 Å². The van der Waals surface area contributed by atoms with Crippen LogP contribution in [0, 0.1) is 17.8 Å². The molecule has 1 heterocycles. The minimum Gasteiger partial charge on any atom is -0.351 e. The lowest BCUT2D eigenvalue weighted by Crippen LogP contribution is -2.60. The van der Waals surface area contributed by atoms with E-state index < -0.39 is 0 Å². The number of carbonyl (C=O) groups excluding carboxylic acids is 2. The highest BCUT2D eigenvalue weighted by Gasteiger charge is 2.51. The summed E-state index contributed by atoms with van der Waals surface area (Å²) in [5, 5.41) is 10.3. The molecule has 4 aliphatic carbocycles. The van der Waals surface area contributed by atoms with Crippen LogP contribution in [0.15, 0.2) is 18.5 Å². The highest BCUT2D eigenvalue weighted by atomic mass is 16.2. The molecule has 4 fully saturated rings. The van der Waals surface area contributed by atoms with E-state index >= 15 is 0 Å². The zero-order chi connectivity index (χ0) is 17.4. The van der Waals surface area contributed by atoms with Gasteiger partial charge < -0.3 is 10.6 Å². The van der Waals surface area contributed by atoms with Gasteiger partial charge in [0.2, 0.25) is 11.8 Å². The Morgan fingerprint density at radius 3 is 2.36 bits per heavy atom. The molecular formula is C19H28N4O2. The molecule has 4 bridgehead atoms. The highest BCUT2D eigenvalue weighted by Crippen LogP contribution is 2.55. The van der Waals surface area contributed by atoms with E-state index in [1.165, 1.54) is 19.3 Å². The maximum absolute atomic E-state index is 12.4. The summed E-state index contributed by atoms with van der Waals surface area (Å²) in [7, 11) is 0. The average Bonchev–Trinajstić information content (AvgIpc) is 2.97.